The van der Waals surface area contributed by atoms with Crippen molar-refractivity contribution in [2.75, 3.05) is 0 Å². The van der Waals surface area contributed by atoms with Crippen LogP contribution in [0.5, 0.6) is 0 Å². The molecule has 0 saturated carbocycles. The second kappa shape index (κ2) is 7.99. The third kappa shape index (κ3) is 3.98. The quantitative estimate of drug-likeness (QED) is 0.584. The number of hydrogen-bond acceptors (Lipinski definition) is 6. The van der Waals surface area contributed by atoms with Gasteiger partial charge in [0.25, 0.3) is 0 Å². The molecule has 0 N–H and O–H groups in total. The molecule has 0 spiro atoms. The second-order valence-corrected chi connectivity index (χ2v) is 12.9. The minimum Gasteiger partial charge on any atom is -0.399 e. The summed E-state index contributed by atoms with van der Waals surface area (Å²) in [6.07, 6.45) is 0. The van der Waals surface area contributed by atoms with E-state index >= 15 is 13.2 Å². The average molecular weight is 510 g/mol. The molecule has 6 nitrogen and oxygen atoms in total. The smallest absolute Gasteiger partial charge is 0.399 e. The van der Waals surface area contributed by atoms with Crippen LogP contribution in [0, 0.1) is 17.5 Å². The minimum absolute atomic E-state index is 0.579. The van der Waals surface area contributed by atoms with Crippen LogP contribution in [0.25, 0.3) is 0 Å². The molecule has 3 heterocycles. The lowest BCUT2D eigenvalue weighted by molar-refractivity contribution is 0.00578. The first-order valence-electron chi connectivity index (χ1n) is 12.3. The summed E-state index contributed by atoms with van der Waals surface area (Å²) in [7, 11) is -4.34. The summed E-state index contributed by atoms with van der Waals surface area (Å²) < 4.78 is 84.4. The van der Waals surface area contributed by atoms with Crippen molar-refractivity contribution >= 4 is 37.7 Å². The predicted molar refractivity (Wildman–Crippen MR) is 133 cm³/mol. The van der Waals surface area contributed by atoms with Crippen molar-refractivity contribution in [2.45, 2.75) is 117 Å². The lowest BCUT2D eigenvalue weighted by Crippen LogP contribution is -2.56. The third-order valence-electron chi connectivity index (χ3n) is 8.89. The Hall–Kier alpha value is -1.04. The zero-order valence-electron chi connectivity index (χ0n) is 23.3. The van der Waals surface area contributed by atoms with Gasteiger partial charge in [0.05, 0.1) is 50.0 Å². The lowest BCUT2D eigenvalue weighted by Gasteiger charge is -2.32. The van der Waals surface area contributed by atoms with Crippen LogP contribution in [0.3, 0.4) is 0 Å². The Bertz CT molecular complexity index is 887. The van der Waals surface area contributed by atoms with E-state index in [9.17, 15) is 0 Å². The van der Waals surface area contributed by atoms with E-state index in [1.807, 2.05) is 0 Å². The Kier molecular flexibility index (Phi) is 6.21. The highest BCUT2D eigenvalue weighted by molar-refractivity contribution is 6.70. The van der Waals surface area contributed by atoms with Gasteiger partial charge in [0.1, 0.15) is 17.5 Å². The van der Waals surface area contributed by atoms with Crippen LogP contribution in [0.15, 0.2) is 0 Å². The molecule has 3 saturated heterocycles. The highest BCUT2D eigenvalue weighted by Gasteiger charge is 2.60. The molecule has 0 aromatic heterocycles. The topological polar surface area (TPSA) is 55.4 Å². The SMILES string of the molecule is CC1(C)OB(c2c(F)c(B3OC(C)(C)C(C)(C)O3)c(F)c(B3OC(C)(C)C(C)(C)O3)c2F)OC1(C)C. The first-order chi connectivity index (χ1) is 16.1. The predicted octanol–water partition coefficient (Wildman–Crippen LogP) is 3.00. The zero-order valence-corrected chi connectivity index (χ0v) is 23.3. The van der Waals surface area contributed by atoms with E-state index < -0.39 is 88.8 Å². The highest BCUT2D eigenvalue weighted by Crippen LogP contribution is 2.40. The van der Waals surface area contributed by atoms with Gasteiger partial charge in [-0.3, -0.25) is 0 Å². The minimum atomic E-state index is -1.45. The Morgan fingerprint density at radius 1 is 0.361 bits per heavy atom. The summed E-state index contributed by atoms with van der Waals surface area (Å²) in [6, 6.07) is 0. The van der Waals surface area contributed by atoms with Crippen molar-refractivity contribution in [3.63, 3.8) is 0 Å². The van der Waals surface area contributed by atoms with Crippen LogP contribution < -0.4 is 16.4 Å². The van der Waals surface area contributed by atoms with E-state index in [2.05, 4.69) is 0 Å². The summed E-state index contributed by atoms with van der Waals surface area (Å²) >= 11 is 0. The molecule has 3 aliphatic heterocycles. The zero-order chi connectivity index (χ0) is 27.4. The molecular formula is C24H36B3F3O6. The fraction of sp³-hybridized carbons (Fsp3) is 0.750. The molecule has 1 aromatic carbocycles. The van der Waals surface area contributed by atoms with Gasteiger partial charge in [-0.2, -0.15) is 0 Å². The van der Waals surface area contributed by atoms with Crippen LogP contribution in [-0.2, 0) is 27.9 Å². The van der Waals surface area contributed by atoms with E-state index in [0.717, 1.165) is 0 Å². The molecule has 0 bridgehead atoms. The molecule has 0 unspecified atom stereocenters. The molecule has 1 aromatic rings. The summed E-state index contributed by atoms with van der Waals surface area (Å²) in [5.74, 6) is -3.58. The molecule has 0 aliphatic carbocycles. The van der Waals surface area contributed by atoms with E-state index in [-0.39, 0.29) is 0 Å². The molecule has 3 fully saturated rings. The maximum atomic E-state index is 16.2. The largest absolute Gasteiger partial charge is 0.500 e. The molecule has 4 rings (SSSR count). The number of halogens is 3. The first-order valence-corrected chi connectivity index (χ1v) is 12.3. The van der Waals surface area contributed by atoms with Gasteiger partial charge in [-0.25, -0.2) is 13.2 Å². The number of benzene rings is 1. The van der Waals surface area contributed by atoms with Crippen molar-refractivity contribution < 1.29 is 41.1 Å². The Balaban J connectivity index is 1.93. The third-order valence-corrected chi connectivity index (χ3v) is 8.89. The van der Waals surface area contributed by atoms with Crippen LogP contribution >= 0.6 is 0 Å². The molecule has 198 valence electrons. The van der Waals surface area contributed by atoms with Crippen molar-refractivity contribution in [3.8, 4) is 0 Å². The van der Waals surface area contributed by atoms with Crippen LogP contribution in [-0.4, -0.2) is 55.0 Å². The Labute approximate surface area is 213 Å². The van der Waals surface area contributed by atoms with Gasteiger partial charge in [-0.15, -0.1) is 0 Å². The highest BCUT2D eigenvalue weighted by atomic mass is 19.1. The van der Waals surface area contributed by atoms with Gasteiger partial charge >= 0.3 is 21.4 Å². The van der Waals surface area contributed by atoms with E-state index in [0.29, 0.717) is 0 Å². The van der Waals surface area contributed by atoms with Gasteiger partial charge in [0, 0.05) is 0 Å². The van der Waals surface area contributed by atoms with Gasteiger partial charge < -0.3 is 27.9 Å². The molecule has 3 aliphatic rings. The summed E-state index contributed by atoms with van der Waals surface area (Å²) in [5, 5.41) is 0. The fourth-order valence-corrected chi connectivity index (χ4v) is 4.23. The maximum Gasteiger partial charge on any atom is 0.500 e. The van der Waals surface area contributed by atoms with Gasteiger partial charge in [-0.1, -0.05) is 0 Å². The molecule has 0 atom stereocenters. The van der Waals surface area contributed by atoms with Crippen molar-refractivity contribution in [3.05, 3.63) is 17.5 Å². The monoisotopic (exact) mass is 510 g/mol. The van der Waals surface area contributed by atoms with Crippen LogP contribution in [0.4, 0.5) is 13.2 Å². The van der Waals surface area contributed by atoms with Gasteiger partial charge in [0.2, 0.25) is 0 Å². The normalized spacial score (nSPS) is 27.2. The van der Waals surface area contributed by atoms with E-state index in [1.165, 1.54) is 0 Å². The summed E-state index contributed by atoms with van der Waals surface area (Å²) in [5.41, 5.74) is -7.07. The molecule has 36 heavy (non-hydrogen) atoms. The average Bonchev–Trinajstić information content (AvgIpc) is 3.09. The first kappa shape index (κ1) is 28.0. The molecule has 12 heteroatoms. The second-order valence-electron chi connectivity index (χ2n) is 12.9. The fourth-order valence-electron chi connectivity index (χ4n) is 4.23. The van der Waals surface area contributed by atoms with Crippen molar-refractivity contribution in [1.82, 2.24) is 0 Å². The van der Waals surface area contributed by atoms with Gasteiger partial charge in [-0.05, 0) is 83.1 Å². The Morgan fingerprint density at radius 2 is 0.500 bits per heavy atom. The van der Waals surface area contributed by atoms with Crippen molar-refractivity contribution in [1.29, 1.82) is 0 Å². The van der Waals surface area contributed by atoms with Crippen LogP contribution in [0.2, 0.25) is 0 Å². The Morgan fingerprint density at radius 3 is 0.639 bits per heavy atom. The van der Waals surface area contributed by atoms with Gasteiger partial charge in [0.15, 0.2) is 0 Å². The number of rotatable bonds is 3. The van der Waals surface area contributed by atoms with Crippen LogP contribution in [0.1, 0.15) is 83.1 Å². The van der Waals surface area contributed by atoms with E-state index in [4.69, 9.17) is 27.9 Å². The maximum absolute atomic E-state index is 16.2. The number of hydrogen-bond donors (Lipinski definition) is 0. The standard InChI is InChI=1S/C24H36B3F3O6/c1-19(2)20(3,4)32-25(31-19)13-16(28)14(26-33-21(5,6)22(7,8)34-26)18(30)15(17(13)29)27-35-23(9,10)24(11,12)36-27/h1-12H3. The molecule has 0 radical (unpaired) electrons. The summed E-state index contributed by atoms with van der Waals surface area (Å²) in [4.78, 5) is 0. The molecule has 0 amide bonds. The van der Waals surface area contributed by atoms with E-state index in [1.54, 1.807) is 83.1 Å². The molecular weight excluding hydrogens is 474 g/mol. The summed E-state index contributed by atoms with van der Waals surface area (Å²) in [6.45, 7) is 21.1. The lowest BCUT2D eigenvalue weighted by atomic mass is 9.64. The van der Waals surface area contributed by atoms with Crippen molar-refractivity contribution in [2.24, 2.45) is 0 Å².